The fraction of sp³-hybridized carbons (Fsp3) is 0.611. The van der Waals surface area contributed by atoms with Crippen molar-refractivity contribution >= 4 is 11.9 Å². The minimum absolute atomic E-state index is 0.0266. The van der Waals surface area contributed by atoms with Gasteiger partial charge in [-0.05, 0) is 49.8 Å². The molecule has 2 aliphatic rings. The van der Waals surface area contributed by atoms with Crippen molar-refractivity contribution in [2.24, 2.45) is 5.41 Å². The number of rotatable bonds is 4. The second-order valence-electron chi connectivity index (χ2n) is 7.19. The molecule has 2 N–H and O–H groups in total. The van der Waals surface area contributed by atoms with Gasteiger partial charge in [-0.15, -0.1) is 0 Å². The molecule has 1 aromatic rings. The molecule has 1 atom stereocenters. The molecule has 2 aliphatic heterocycles. The van der Waals surface area contributed by atoms with Crippen molar-refractivity contribution in [3.05, 3.63) is 24.0 Å². The quantitative estimate of drug-likeness (QED) is 0.859. The molecular formula is C18H25N3O4. The molecule has 3 heterocycles. The standard InChI is InChI=1S/C18H25N3O4/c1-2-8-21-12-18(11-13(21)17(24)25)5-9-20(10-6-18)16(23)15-14(22)4-3-7-19-15/h3-4,7,13,22H,2,5-6,8-12H2,1H3,(H,24,25). The number of aliphatic carboxylic acids is 1. The minimum atomic E-state index is -0.748. The molecule has 0 aliphatic carbocycles. The Hall–Kier alpha value is -2.15. The number of aromatic nitrogens is 1. The molecule has 1 aromatic heterocycles. The van der Waals surface area contributed by atoms with Gasteiger partial charge in [0.25, 0.3) is 5.91 Å². The van der Waals surface area contributed by atoms with Crippen LogP contribution in [0.4, 0.5) is 0 Å². The Kier molecular flexibility index (Phi) is 4.94. The maximum Gasteiger partial charge on any atom is 0.320 e. The zero-order valence-electron chi connectivity index (χ0n) is 14.5. The normalized spacial score (nSPS) is 23.1. The van der Waals surface area contributed by atoms with Crippen molar-refractivity contribution in [3.8, 4) is 5.75 Å². The first kappa shape index (κ1) is 17.7. The van der Waals surface area contributed by atoms with E-state index in [0.717, 1.165) is 32.4 Å². The van der Waals surface area contributed by atoms with Crippen LogP contribution in [0.1, 0.15) is 43.1 Å². The van der Waals surface area contributed by atoms with Crippen molar-refractivity contribution in [3.63, 3.8) is 0 Å². The van der Waals surface area contributed by atoms with E-state index in [2.05, 4.69) is 16.8 Å². The van der Waals surface area contributed by atoms with Crippen LogP contribution in [-0.2, 0) is 4.79 Å². The molecule has 25 heavy (non-hydrogen) atoms. The lowest BCUT2D eigenvalue weighted by Gasteiger charge is -2.39. The lowest BCUT2D eigenvalue weighted by Crippen LogP contribution is -2.44. The van der Waals surface area contributed by atoms with E-state index in [9.17, 15) is 19.8 Å². The van der Waals surface area contributed by atoms with Gasteiger partial charge in [-0.2, -0.15) is 0 Å². The van der Waals surface area contributed by atoms with E-state index in [-0.39, 0.29) is 22.8 Å². The SMILES string of the molecule is CCCN1CC2(CCN(C(=O)c3ncccc3O)CC2)CC1C(=O)O. The summed E-state index contributed by atoms with van der Waals surface area (Å²) in [7, 11) is 0. The van der Waals surface area contributed by atoms with Crippen molar-refractivity contribution in [1.29, 1.82) is 0 Å². The first-order valence-corrected chi connectivity index (χ1v) is 8.86. The summed E-state index contributed by atoms with van der Waals surface area (Å²) in [5, 5.41) is 19.3. The molecule has 2 saturated heterocycles. The topological polar surface area (TPSA) is 94.0 Å². The molecule has 1 spiro atoms. The molecule has 0 bridgehead atoms. The molecule has 0 radical (unpaired) electrons. The Morgan fingerprint density at radius 2 is 2.08 bits per heavy atom. The number of carboxylic acid groups (broad SMARTS) is 1. The summed E-state index contributed by atoms with van der Waals surface area (Å²) < 4.78 is 0. The number of carbonyl (C=O) groups is 2. The summed E-state index contributed by atoms with van der Waals surface area (Å²) in [6.07, 6.45) is 4.66. The van der Waals surface area contributed by atoms with Crippen LogP contribution in [0.25, 0.3) is 0 Å². The van der Waals surface area contributed by atoms with Crippen LogP contribution in [-0.4, -0.2) is 69.1 Å². The van der Waals surface area contributed by atoms with Gasteiger partial charge in [-0.1, -0.05) is 6.92 Å². The average Bonchev–Trinajstić information content (AvgIpc) is 2.94. The maximum atomic E-state index is 12.6. The number of pyridine rings is 1. The number of hydrogen-bond donors (Lipinski definition) is 2. The molecule has 0 aromatic carbocycles. The molecule has 7 nitrogen and oxygen atoms in total. The van der Waals surface area contributed by atoms with Crippen molar-refractivity contribution in [1.82, 2.24) is 14.8 Å². The summed E-state index contributed by atoms with van der Waals surface area (Å²) in [5.41, 5.74) is 0.0575. The molecule has 1 unspecified atom stereocenters. The number of hydrogen-bond acceptors (Lipinski definition) is 5. The highest BCUT2D eigenvalue weighted by Crippen LogP contribution is 2.43. The van der Waals surface area contributed by atoms with E-state index in [1.807, 2.05) is 0 Å². The second kappa shape index (κ2) is 7.00. The zero-order valence-corrected chi connectivity index (χ0v) is 14.5. The lowest BCUT2D eigenvalue weighted by molar-refractivity contribution is -0.142. The number of carbonyl (C=O) groups excluding carboxylic acids is 1. The number of nitrogens with zero attached hydrogens (tertiary/aromatic N) is 3. The Morgan fingerprint density at radius 3 is 2.68 bits per heavy atom. The summed E-state index contributed by atoms with van der Waals surface area (Å²) in [5.74, 6) is -1.11. The van der Waals surface area contributed by atoms with Gasteiger partial charge in [0.1, 0.15) is 11.8 Å². The van der Waals surface area contributed by atoms with Gasteiger partial charge in [-0.3, -0.25) is 14.5 Å². The molecule has 0 saturated carbocycles. The molecular weight excluding hydrogens is 322 g/mol. The number of piperidine rings is 1. The van der Waals surface area contributed by atoms with E-state index in [0.29, 0.717) is 19.5 Å². The summed E-state index contributed by atoms with van der Waals surface area (Å²) >= 11 is 0. The minimum Gasteiger partial charge on any atom is -0.505 e. The van der Waals surface area contributed by atoms with Gasteiger partial charge in [0, 0.05) is 25.8 Å². The van der Waals surface area contributed by atoms with Crippen LogP contribution in [0.3, 0.4) is 0 Å². The average molecular weight is 347 g/mol. The molecule has 7 heteroatoms. The van der Waals surface area contributed by atoms with Gasteiger partial charge in [-0.25, -0.2) is 4.98 Å². The number of carboxylic acids is 1. The fourth-order valence-corrected chi connectivity index (χ4v) is 4.17. The third kappa shape index (κ3) is 3.46. The predicted octanol–water partition coefficient (Wildman–Crippen LogP) is 1.58. The summed E-state index contributed by atoms with van der Waals surface area (Å²) in [4.78, 5) is 31.9. The Bertz CT molecular complexity index is 655. The highest BCUT2D eigenvalue weighted by molar-refractivity contribution is 5.94. The largest absolute Gasteiger partial charge is 0.505 e. The first-order valence-electron chi connectivity index (χ1n) is 8.86. The fourth-order valence-electron chi connectivity index (χ4n) is 4.17. The third-order valence-corrected chi connectivity index (χ3v) is 5.50. The van der Waals surface area contributed by atoms with E-state index in [4.69, 9.17) is 0 Å². The van der Waals surface area contributed by atoms with Crippen LogP contribution in [0.15, 0.2) is 18.3 Å². The van der Waals surface area contributed by atoms with E-state index in [1.165, 1.54) is 12.3 Å². The first-order chi connectivity index (χ1) is 12.0. The predicted molar refractivity (Wildman–Crippen MR) is 91.4 cm³/mol. The summed E-state index contributed by atoms with van der Waals surface area (Å²) in [6, 6.07) is 2.63. The lowest BCUT2D eigenvalue weighted by atomic mass is 9.76. The van der Waals surface area contributed by atoms with Crippen LogP contribution >= 0.6 is 0 Å². The van der Waals surface area contributed by atoms with Gasteiger partial charge >= 0.3 is 5.97 Å². The number of aromatic hydroxyl groups is 1. The monoisotopic (exact) mass is 347 g/mol. The Labute approximate surface area is 147 Å². The second-order valence-corrected chi connectivity index (χ2v) is 7.19. The highest BCUT2D eigenvalue weighted by Gasteiger charge is 2.48. The number of likely N-dealkylation sites (tertiary alicyclic amines) is 2. The van der Waals surface area contributed by atoms with Crippen LogP contribution < -0.4 is 0 Å². The van der Waals surface area contributed by atoms with Gasteiger partial charge in [0.15, 0.2) is 5.69 Å². The number of amides is 1. The van der Waals surface area contributed by atoms with Crippen molar-refractivity contribution in [2.75, 3.05) is 26.2 Å². The molecule has 136 valence electrons. The van der Waals surface area contributed by atoms with E-state index >= 15 is 0 Å². The zero-order chi connectivity index (χ0) is 18.0. The Balaban J connectivity index is 1.66. The molecule has 3 rings (SSSR count). The van der Waals surface area contributed by atoms with E-state index < -0.39 is 12.0 Å². The van der Waals surface area contributed by atoms with Crippen LogP contribution in [0.2, 0.25) is 0 Å². The summed E-state index contributed by atoms with van der Waals surface area (Å²) in [6.45, 7) is 4.78. The maximum absolute atomic E-state index is 12.6. The van der Waals surface area contributed by atoms with Gasteiger partial charge < -0.3 is 15.1 Å². The smallest absolute Gasteiger partial charge is 0.320 e. The van der Waals surface area contributed by atoms with Crippen molar-refractivity contribution in [2.45, 2.75) is 38.6 Å². The highest BCUT2D eigenvalue weighted by atomic mass is 16.4. The van der Waals surface area contributed by atoms with Crippen LogP contribution in [0.5, 0.6) is 5.75 Å². The van der Waals surface area contributed by atoms with E-state index in [1.54, 1.807) is 11.0 Å². The molecule has 2 fully saturated rings. The van der Waals surface area contributed by atoms with Crippen molar-refractivity contribution < 1.29 is 19.8 Å². The van der Waals surface area contributed by atoms with Gasteiger partial charge in [0.05, 0.1) is 0 Å². The van der Waals surface area contributed by atoms with Crippen LogP contribution in [0, 0.1) is 5.41 Å². The molecule has 1 amide bonds. The third-order valence-electron chi connectivity index (χ3n) is 5.50. The Morgan fingerprint density at radius 1 is 1.36 bits per heavy atom. The van der Waals surface area contributed by atoms with Gasteiger partial charge in [0.2, 0.25) is 0 Å².